The molecule has 0 unspecified atom stereocenters. The van der Waals surface area contributed by atoms with Crippen LogP contribution in [0.5, 0.6) is 0 Å². The molecule has 0 spiro atoms. The Kier molecular flexibility index (Phi) is 4.31. The van der Waals surface area contributed by atoms with Crippen LogP contribution in [0.4, 0.5) is 5.82 Å². The first-order valence-corrected chi connectivity index (χ1v) is 9.16. The summed E-state index contributed by atoms with van der Waals surface area (Å²) in [6, 6.07) is 2.21. The van der Waals surface area contributed by atoms with Crippen LogP contribution in [0.3, 0.4) is 0 Å². The molecule has 6 heteroatoms. The van der Waals surface area contributed by atoms with Crippen LogP contribution in [0.25, 0.3) is 0 Å². The number of anilines is 1. The molecule has 24 heavy (non-hydrogen) atoms. The first-order chi connectivity index (χ1) is 11.7. The second-order valence-corrected chi connectivity index (χ2v) is 7.06. The van der Waals surface area contributed by atoms with Gasteiger partial charge >= 0.3 is 0 Å². The number of nitrogens with one attached hydrogen (secondary N) is 1. The van der Waals surface area contributed by atoms with E-state index in [-0.39, 0.29) is 6.10 Å². The second kappa shape index (κ2) is 6.59. The molecule has 2 fully saturated rings. The number of hydrogen-bond acceptors (Lipinski definition) is 4. The van der Waals surface area contributed by atoms with Gasteiger partial charge in [0.05, 0.1) is 12.3 Å². The molecule has 2 aromatic heterocycles. The molecule has 1 saturated heterocycles. The molecule has 1 aliphatic carbocycles. The Balaban J connectivity index is 1.42. The quantitative estimate of drug-likeness (QED) is 0.885. The van der Waals surface area contributed by atoms with Gasteiger partial charge in [0.15, 0.2) is 0 Å². The van der Waals surface area contributed by atoms with Gasteiger partial charge in [-0.1, -0.05) is 0 Å². The predicted molar refractivity (Wildman–Crippen MR) is 93.0 cm³/mol. The van der Waals surface area contributed by atoms with Crippen LogP contribution in [0.2, 0.25) is 0 Å². The zero-order valence-corrected chi connectivity index (χ0v) is 14.6. The number of aryl methyl sites for hydroxylation is 2. The van der Waals surface area contributed by atoms with Gasteiger partial charge in [-0.15, -0.1) is 0 Å². The lowest BCUT2D eigenvalue weighted by molar-refractivity contribution is -0.0239. The van der Waals surface area contributed by atoms with Gasteiger partial charge in [-0.25, -0.2) is 0 Å². The highest BCUT2D eigenvalue weighted by Crippen LogP contribution is 2.40. The van der Waals surface area contributed by atoms with Crippen molar-refractivity contribution in [3.05, 3.63) is 29.7 Å². The molecule has 6 nitrogen and oxygen atoms in total. The van der Waals surface area contributed by atoms with Crippen LogP contribution in [0.15, 0.2) is 18.5 Å². The van der Waals surface area contributed by atoms with Crippen molar-refractivity contribution in [2.24, 2.45) is 13.0 Å². The van der Waals surface area contributed by atoms with E-state index in [9.17, 15) is 0 Å². The number of hydrogen-bond donors (Lipinski definition) is 1. The Morgan fingerprint density at radius 1 is 1.33 bits per heavy atom. The third-order valence-corrected chi connectivity index (χ3v) is 5.21. The summed E-state index contributed by atoms with van der Waals surface area (Å²) in [6.45, 7) is 4.74. The lowest BCUT2D eigenvalue weighted by Crippen LogP contribution is -2.28. The molecule has 130 valence electrons. The highest BCUT2D eigenvalue weighted by atomic mass is 16.5. The summed E-state index contributed by atoms with van der Waals surface area (Å²) < 4.78 is 10.1. The minimum Gasteiger partial charge on any atom is -0.373 e. The standard InChI is InChI=1S/C18H27N5O/c1-3-23-12-15(11-20-23)18-14(5-4-8-24-18)10-19-17-9-16(13-6-7-13)22(2)21-17/h9,11-14,18H,3-8,10H2,1-2H3,(H,19,21)/t14-,18+/m0/s1. The van der Waals surface area contributed by atoms with Crippen molar-refractivity contribution in [1.29, 1.82) is 0 Å². The highest BCUT2D eigenvalue weighted by molar-refractivity contribution is 5.38. The lowest BCUT2D eigenvalue weighted by atomic mass is 9.91. The van der Waals surface area contributed by atoms with Crippen LogP contribution in [0.1, 0.15) is 55.9 Å². The minimum atomic E-state index is 0.137. The van der Waals surface area contributed by atoms with Crippen LogP contribution >= 0.6 is 0 Å². The van der Waals surface area contributed by atoms with Gasteiger partial charge in [0.1, 0.15) is 5.82 Å². The minimum absolute atomic E-state index is 0.137. The van der Waals surface area contributed by atoms with Crippen LogP contribution in [-0.4, -0.2) is 32.7 Å². The second-order valence-electron chi connectivity index (χ2n) is 7.06. The van der Waals surface area contributed by atoms with Gasteiger partial charge in [0.25, 0.3) is 0 Å². The Hall–Kier alpha value is -1.82. The van der Waals surface area contributed by atoms with Gasteiger partial charge in [0.2, 0.25) is 0 Å². The average Bonchev–Trinajstić information content (AvgIpc) is 3.21. The van der Waals surface area contributed by atoms with E-state index >= 15 is 0 Å². The zero-order valence-electron chi connectivity index (χ0n) is 14.6. The van der Waals surface area contributed by atoms with E-state index in [0.717, 1.165) is 37.9 Å². The topological polar surface area (TPSA) is 56.9 Å². The fourth-order valence-electron chi connectivity index (χ4n) is 3.69. The van der Waals surface area contributed by atoms with Crippen LogP contribution < -0.4 is 5.32 Å². The third kappa shape index (κ3) is 3.20. The van der Waals surface area contributed by atoms with E-state index in [2.05, 4.69) is 34.7 Å². The predicted octanol–water partition coefficient (Wildman–Crippen LogP) is 3.09. The molecule has 1 aliphatic heterocycles. The van der Waals surface area contributed by atoms with Crippen molar-refractivity contribution in [3.8, 4) is 0 Å². The van der Waals surface area contributed by atoms with Gasteiger partial charge in [-0.2, -0.15) is 10.2 Å². The maximum absolute atomic E-state index is 6.08. The smallest absolute Gasteiger partial charge is 0.148 e. The average molecular weight is 329 g/mol. The van der Waals surface area contributed by atoms with E-state index in [4.69, 9.17) is 4.74 Å². The fraction of sp³-hybridized carbons (Fsp3) is 0.667. The van der Waals surface area contributed by atoms with Crippen molar-refractivity contribution in [1.82, 2.24) is 19.6 Å². The Morgan fingerprint density at radius 2 is 2.21 bits per heavy atom. The molecule has 4 rings (SSSR count). The molecule has 2 aromatic rings. The Morgan fingerprint density at radius 3 is 2.96 bits per heavy atom. The number of ether oxygens (including phenoxy) is 1. The van der Waals surface area contributed by atoms with Gasteiger partial charge < -0.3 is 10.1 Å². The van der Waals surface area contributed by atoms with E-state index in [1.165, 1.54) is 30.5 Å². The molecule has 1 saturated carbocycles. The molecule has 0 aromatic carbocycles. The Bertz CT molecular complexity index is 687. The summed E-state index contributed by atoms with van der Waals surface area (Å²) in [5.74, 6) is 2.18. The summed E-state index contributed by atoms with van der Waals surface area (Å²) in [4.78, 5) is 0. The Labute approximate surface area is 143 Å². The molecule has 0 amide bonds. The molecular formula is C18H27N5O. The van der Waals surface area contributed by atoms with Crippen LogP contribution in [-0.2, 0) is 18.3 Å². The first-order valence-electron chi connectivity index (χ1n) is 9.16. The third-order valence-electron chi connectivity index (χ3n) is 5.21. The fourth-order valence-corrected chi connectivity index (χ4v) is 3.69. The van der Waals surface area contributed by atoms with Crippen molar-refractivity contribution in [3.63, 3.8) is 0 Å². The summed E-state index contributed by atoms with van der Waals surface area (Å²) in [5, 5.41) is 12.6. The summed E-state index contributed by atoms with van der Waals surface area (Å²) in [6.07, 6.45) is 9.13. The van der Waals surface area contributed by atoms with E-state index in [1.807, 2.05) is 22.6 Å². The summed E-state index contributed by atoms with van der Waals surface area (Å²) in [7, 11) is 2.05. The van der Waals surface area contributed by atoms with Crippen LogP contribution in [0, 0.1) is 5.92 Å². The number of aromatic nitrogens is 4. The van der Waals surface area contributed by atoms with Gasteiger partial charge in [0, 0.05) is 62.1 Å². The normalized spacial score (nSPS) is 24.2. The molecule has 2 aliphatic rings. The maximum Gasteiger partial charge on any atom is 0.148 e. The van der Waals surface area contributed by atoms with E-state index in [1.54, 1.807) is 0 Å². The van der Waals surface area contributed by atoms with Crippen molar-refractivity contribution >= 4 is 5.82 Å². The molecule has 2 atom stereocenters. The van der Waals surface area contributed by atoms with E-state index < -0.39 is 0 Å². The SMILES string of the molecule is CCn1cc([C@@H]2OCCC[C@H]2CNc2cc(C3CC3)n(C)n2)cn1. The number of rotatable bonds is 6. The molecule has 0 radical (unpaired) electrons. The summed E-state index contributed by atoms with van der Waals surface area (Å²) in [5.41, 5.74) is 2.56. The number of nitrogens with zero attached hydrogens (tertiary/aromatic N) is 4. The molecule has 0 bridgehead atoms. The highest BCUT2D eigenvalue weighted by Gasteiger charge is 2.30. The van der Waals surface area contributed by atoms with Crippen molar-refractivity contribution in [2.75, 3.05) is 18.5 Å². The van der Waals surface area contributed by atoms with Crippen molar-refractivity contribution < 1.29 is 4.74 Å². The molecular weight excluding hydrogens is 302 g/mol. The van der Waals surface area contributed by atoms with Gasteiger partial charge in [-0.3, -0.25) is 9.36 Å². The largest absolute Gasteiger partial charge is 0.373 e. The monoisotopic (exact) mass is 329 g/mol. The molecule has 1 N–H and O–H groups in total. The summed E-state index contributed by atoms with van der Waals surface area (Å²) >= 11 is 0. The zero-order chi connectivity index (χ0) is 16.5. The van der Waals surface area contributed by atoms with Gasteiger partial charge in [-0.05, 0) is 32.6 Å². The first kappa shape index (κ1) is 15.7. The molecule has 3 heterocycles. The van der Waals surface area contributed by atoms with Crippen molar-refractivity contribution in [2.45, 2.75) is 51.2 Å². The lowest BCUT2D eigenvalue weighted by Gasteiger charge is -2.31. The maximum atomic E-state index is 6.08. The van der Waals surface area contributed by atoms with E-state index in [0.29, 0.717) is 5.92 Å².